The average molecular weight is 349 g/mol. The Labute approximate surface area is 152 Å². The van der Waals surface area contributed by atoms with E-state index in [1.807, 2.05) is 4.90 Å². The summed E-state index contributed by atoms with van der Waals surface area (Å²) >= 11 is 0. The van der Waals surface area contributed by atoms with Crippen molar-refractivity contribution in [1.82, 2.24) is 14.8 Å². The predicted molar refractivity (Wildman–Crippen MR) is 99.7 cm³/mol. The summed E-state index contributed by atoms with van der Waals surface area (Å²) in [6.07, 6.45) is 7.09. The summed E-state index contributed by atoms with van der Waals surface area (Å²) < 4.78 is 5.70. The number of aromatic amines is 1. The third-order valence-electron chi connectivity index (χ3n) is 6.66. The summed E-state index contributed by atoms with van der Waals surface area (Å²) in [5.74, 6) is 0.215. The second kappa shape index (κ2) is 5.21. The van der Waals surface area contributed by atoms with Crippen molar-refractivity contribution >= 4 is 22.4 Å². The molecule has 5 nitrogen and oxygen atoms in total. The van der Waals surface area contributed by atoms with Crippen molar-refractivity contribution in [2.75, 3.05) is 26.7 Å². The fraction of sp³-hybridized carbons (Fsp3) is 0.476. The van der Waals surface area contributed by atoms with Gasteiger partial charge in [-0.2, -0.15) is 0 Å². The van der Waals surface area contributed by atoms with Crippen molar-refractivity contribution in [3.63, 3.8) is 0 Å². The molecule has 5 aliphatic rings. The van der Waals surface area contributed by atoms with E-state index in [2.05, 4.69) is 47.4 Å². The zero-order chi connectivity index (χ0) is 17.4. The van der Waals surface area contributed by atoms with Gasteiger partial charge in [-0.3, -0.25) is 9.69 Å². The number of nitrogens with zero attached hydrogens (tertiary/aromatic N) is 2. The number of hydrogen-bond acceptors (Lipinski definition) is 3. The highest BCUT2D eigenvalue weighted by atomic mass is 16.5. The minimum absolute atomic E-state index is 0.0560. The molecule has 1 aliphatic carbocycles. The second-order valence-corrected chi connectivity index (χ2v) is 8.29. The van der Waals surface area contributed by atoms with Crippen LogP contribution in [0, 0.1) is 5.92 Å². The molecule has 134 valence electrons. The molecule has 0 radical (unpaired) electrons. The SMILES string of the molecule is CN1CC(C(=O)N2CC3CC(C2)O3)C=C2c3cccc4[nH]cc(c34)CC21. The molecule has 0 spiro atoms. The molecule has 4 unspecified atom stereocenters. The molecule has 7 rings (SSSR count). The van der Waals surface area contributed by atoms with Crippen LogP contribution in [0.15, 0.2) is 30.5 Å². The van der Waals surface area contributed by atoms with Gasteiger partial charge in [0.05, 0.1) is 18.1 Å². The van der Waals surface area contributed by atoms with Gasteiger partial charge >= 0.3 is 0 Å². The van der Waals surface area contributed by atoms with Gasteiger partial charge in [-0.1, -0.05) is 18.2 Å². The molecule has 26 heavy (non-hydrogen) atoms. The van der Waals surface area contributed by atoms with Crippen LogP contribution in [0.1, 0.15) is 17.5 Å². The molecular formula is C21H23N3O2. The molecule has 5 heterocycles. The van der Waals surface area contributed by atoms with Crippen LogP contribution in [0.4, 0.5) is 0 Å². The zero-order valence-corrected chi connectivity index (χ0v) is 14.9. The van der Waals surface area contributed by atoms with Crippen molar-refractivity contribution in [3.05, 3.63) is 41.6 Å². The Kier molecular flexibility index (Phi) is 3.00. The first-order valence-electron chi connectivity index (χ1n) is 9.63. The van der Waals surface area contributed by atoms with E-state index in [4.69, 9.17) is 4.74 Å². The summed E-state index contributed by atoms with van der Waals surface area (Å²) in [6, 6.07) is 6.83. The molecular weight excluding hydrogens is 326 g/mol. The maximum atomic E-state index is 13.2. The third-order valence-corrected chi connectivity index (χ3v) is 6.66. The second-order valence-electron chi connectivity index (χ2n) is 8.29. The largest absolute Gasteiger partial charge is 0.371 e. The Balaban J connectivity index is 1.39. The van der Waals surface area contributed by atoms with Crippen LogP contribution in [0.25, 0.3) is 16.5 Å². The highest BCUT2D eigenvalue weighted by Crippen LogP contribution is 2.41. The maximum Gasteiger partial charge on any atom is 0.230 e. The summed E-state index contributed by atoms with van der Waals surface area (Å²) in [7, 11) is 2.16. The summed E-state index contributed by atoms with van der Waals surface area (Å²) in [6.45, 7) is 2.33. The number of rotatable bonds is 1. The van der Waals surface area contributed by atoms with Gasteiger partial charge in [0.2, 0.25) is 5.91 Å². The summed E-state index contributed by atoms with van der Waals surface area (Å²) in [5.41, 5.74) is 5.21. The quantitative estimate of drug-likeness (QED) is 0.857. The van der Waals surface area contributed by atoms with E-state index < -0.39 is 0 Å². The van der Waals surface area contributed by atoms with E-state index in [9.17, 15) is 4.79 Å². The van der Waals surface area contributed by atoms with Crippen LogP contribution in [-0.2, 0) is 16.0 Å². The number of aromatic nitrogens is 1. The number of fused-ring (bicyclic) bond motifs is 4. The van der Waals surface area contributed by atoms with E-state index in [-0.39, 0.29) is 24.0 Å². The van der Waals surface area contributed by atoms with E-state index in [1.54, 1.807) is 0 Å². The number of H-pyrrole nitrogens is 1. The van der Waals surface area contributed by atoms with Gasteiger partial charge < -0.3 is 14.6 Å². The molecule has 5 heteroatoms. The minimum atomic E-state index is -0.0560. The van der Waals surface area contributed by atoms with Gasteiger partial charge in [0.15, 0.2) is 0 Å². The van der Waals surface area contributed by atoms with E-state index in [0.29, 0.717) is 6.04 Å². The van der Waals surface area contributed by atoms with Gasteiger partial charge in [-0.05, 0) is 36.2 Å². The monoisotopic (exact) mass is 349 g/mol. The van der Waals surface area contributed by atoms with Gasteiger partial charge in [0.1, 0.15) is 0 Å². The van der Waals surface area contributed by atoms with Crippen molar-refractivity contribution in [3.8, 4) is 0 Å². The molecule has 4 atom stereocenters. The molecule has 0 saturated carbocycles. The normalized spacial score (nSPS) is 32.8. The number of amides is 1. The van der Waals surface area contributed by atoms with Gasteiger partial charge in [0.25, 0.3) is 0 Å². The molecule has 1 N–H and O–H groups in total. The Morgan fingerprint density at radius 3 is 2.85 bits per heavy atom. The zero-order valence-electron chi connectivity index (χ0n) is 14.9. The Morgan fingerprint density at radius 2 is 2.04 bits per heavy atom. The van der Waals surface area contributed by atoms with Crippen molar-refractivity contribution < 1.29 is 9.53 Å². The molecule has 1 amide bonds. The molecule has 1 aromatic heterocycles. The number of hydrogen-bond donors (Lipinski definition) is 1. The number of likely N-dealkylation sites (N-methyl/N-ethyl adjacent to an activating group) is 1. The summed E-state index contributed by atoms with van der Waals surface area (Å²) in [5, 5.41) is 1.34. The topological polar surface area (TPSA) is 48.6 Å². The molecule has 4 aliphatic heterocycles. The Hall–Kier alpha value is -2.11. The Bertz CT molecular complexity index is 930. The van der Waals surface area contributed by atoms with Crippen LogP contribution in [0.3, 0.4) is 0 Å². The first-order valence-corrected chi connectivity index (χ1v) is 9.63. The van der Waals surface area contributed by atoms with E-state index in [0.717, 1.165) is 32.5 Å². The van der Waals surface area contributed by atoms with E-state index in [1.165, 1.54) is 27.6 Å². The van der Waals surface area contributed by atoms with E-state index >= 15 is 0 Å². The van der Waals surface area contributed by atoms with Crippen LogP contribution >= 0.6 is 0 Å². The van der Waals surface area contributed by atoms with Crippen LogP contribution in [0.2, 0.25) is 0 Å². The standard InChI is InChI=1S/C21H23N3O2/c1-23-9-13(21(25)24-10-14-7-15(11-24)26-14)5-17-16-3-2-4-18-20(16)12(8-22-18)6-19(17)23/h2-5,8,13-15,19,22H,6-7,9-11H2,1H3. The summed E-state index contributed by atoms with van der Waals surface area (Å²) in [4.78, 5) is 21.0. The lowest BCUT2D eigenvalue weighted by Gasteiger charge is -2.48. The van der Waals surface area contributed by atoms with Gasteiger partial charge in [-0.15, -0.1) is 0 Å². The first-order chi connectivity index (χ1) is 12.7. The number of ether oxygens (including phenoxy) is 1. The van der Waals surface area contributed by atoms with Crippen molar-refractivity contribution in [1.29, 1.82) is 0 Å². The Morgan fingerprint density at radius 1 is 1.23 bits per heavy atom. The number of nitrogens with one attached hydrogen (secondary N) is 1. The smallest absolute Gasteiger partial charge is 0.230 e. The predicted octanol–water partition coefficient (Wildman–Crippen LogP) is 2.04. The molecule has 2 bridgehead atoms. The first kappa shape index (κ1) is 15.0. The molecule has 1 aromatic carbocycles. The van der Waals surface area contributed by atoms with Crippen LogP contribution in [-0.4, -0.2) is 65.6 Å². The highest BCUT2D eigenvalue weighted by molar-refractivity contribution is 5.99. The number of carbonyl (C=O) groups excluding carboxylic acids is 1. The fourth-order valence-electron chi connectivity index (χ4n) is 5.38. The van der Waals surface area contributed by atoms with Crippen molar-refractivity contribution in [2.45, 2.75) is 31.1 Å². The van der Waals surface area contributed by atoms with Gasteiger partial charge in [0, 0.05) is 49.2 Å². The number of carbonyl (C=O) groups is 1. The lowest BCUT2D eigenvalue weighted by Crippen LogP contribution is -2.60. The van der Waals surface area contributed by atoms with Crippen molar-refractivity contribution in [2.24, 2.45) is 5.92 Å². The van der Waals surface area contributed by atoms with Crippen LogP contribution in [0.5, 0.6) is 0 Å². The third kappa shape index (κ3) is 2.01. The molecule has 3 fully saturated rings. The fourth-order valence-corrected chi connectivity index (χ4v) is 5.38. The maximum absolute atomic E-state index is 13.2. The lowest BCUT2D eigenvalue weighted by molar-refractivity contribution is -0.189. The number of piperidine rings is 1. The molecule has 2 aromatic rings. The molecule has 3 saturated heterocycles. The minimum Gasteiger partial charge on any atom is -0.371 e. The highest BCUT2D eigenvalue weighted by Gasteiger charge is 2.43. The van der Waals surface area contributed by atoms with Crippen LogP contribution < -0.4 is 0 Å². The average Bonchev–Trinajstić information content (AvgIpc) is 3.06. The lowest BCUT2D eigenvalue weighted by atomic mass is 9.79. The number of benzene rings is 1. The van der Waals surface area contributed by atoms with Gasteiger partial charge in [-0.25, -0.2) is 0 Å². The number of morpholine rings is 1.